The average molecular weight is 338 g/mol. The van der Waals surface area contributed by atoms with Crippen molar-refractivity contribution in [3.05, 3.63) is 59.7 Å². The van der Waals surface area contributed by atoms with E-state index in [4.69, 9.17) is 5.11 Å². The SMILES string of the molecule is CCCCCCCCc1ccc(N=Nc2ccc(C(=O)O)cc2)cc1. The smallest absolute Gasteiger partial charge is 0.335 e. The maximum Gasteiger partial charge on any atom is 0.335 e. The molecule has 0 fully saturated rings. The number of hydrogen-bond donors (Lipinski definition) is 1. The first-order chi connectivity index (χ1) is 12.2. The van der Waals surface area contributed by atoms with Crippen molar-refractivity contribution in [3.63, 3.8) is 0 Å². The van der Waals surface area contributed by atoms with Gasteiger partial charge in [0.15, 0.2) is 0 Å². The molecular weight excluding hydrogens is 312 g/mol. The fourth-order valence-corrected chi connectivity index (χ4v) is 2.62. The summed E-state index contributed by atoms with van der Waals surface area (Å²) in [4.78, 5) is 10.8. The number of rotatable bonds is 10. The largest absolute Gasteiger partial charge is 0.478 e. The van der Waals surface area contributed by atoms with Crippen LogP contribution in [0.1, 0.15) is 61.4 Å². The second kappa shape index (κ2) is 10.4. The number of unbranched alkanes of at least 4 members (excludes halogenated alkanes) is 5. The molecule has 0 spiro atoms. The van der Waals surface area contributed by atoms with Crippen LogP contribution in [0.3, 0.4) is 0 Å². The minimum absolute atomic E-state index is 0.248. The molecule has 4 heteroatoms. The zero-order valence-corrected chi connectivity index (χ0v) is 14.8. The number of azo groups is 1. The standard InChI is InChI=1S/C21H26N2O2/c1-2-3-4-5-6-7-8-17-9-13-19(14-10-17)22-23-20-15-11-18(12-16-20)21(24)25/h9-16H,2-8H2,1H3,(H,24,25). The first kappa shape index (κ1) is 18.8. The number of carboxylic acid groups (broad SMARTS) is 1. The molecular formula is C21H26N2O2. The number of carbonyl (C=O) groups is 1. The van der Waals surface area contributed by atoms with Crippen LogP contribution in [0.15, 0.2) is 58.8 Å². The van der Waals surface area contributed by atoms with E-state index in [0.29, 0.717) is 5.69 Å². The quantitative estimate of drug-likeness (QED) is 0.387. The van der Waals surface area contributed by atoms with Crippen LogP contribution in [0.25, 0.3) is 0 Å². The number of nitrogens with zero attached hydrogens (tertiary/aromatic N) is 2. The van der Waals surface area contributed by atoms with Crippen LogP contribution < -0.4 is 0 Å². The third-order valence-electron chi connectivity index (χ3n) is 4.15. The summed E-state index contributed by atoms with van der Waals surface area (Å²) in [7, 11) is 0. The number of carboxylic acids is 1. The van der Waals surface area contributed by atoms with Gasteiger partial charge in [-0.05, 0) is 54.8 Å². The van der Waals surface area contributed by atoms with Crippen LogP contribution in [0.4, 0.5) is 11.4 Å². The Balaban J connectivity index is 1.80. The summed E-state index contributed by atoms with van der Waals surface area (Å²) in [6, 6.07) is 14.5. The van der Waals surface area contributed by atoms with E-state index in [2.05, 4.69) is 29.3 Å². The Bertz CT molecular complexity index is 676. The number of benzene rings is 2. The van der Waals surface area contributed by atoms with Crippen LogP contribution in [0.5, 0.6) is 0 Å². The average Bonchev–Trinajstić information content (AvgIpc) is 2.64. The Kier molecular flexibility index (Phi) is 7.83. The van der Waals surface area contributed by atoms with Crippen LogP contribution >= 0.6 is 0 Å². The summed E-state index contributed by atoms with van der Waals surface area (Å²) >= 11 is 0. The monoisotopic (exact) mass is 338 g/mol. The van der Waals surface area contributed by atoms with Gasteiger partial charge in [-0.2, -0.15) is 10.2 Å². The van der Waals surface area contributed by atoms with Crippen molar-refractivity contribution in [2.24, 2.45) is 10.2 Å². The highest BCUT2D eigenvalue weighted by Gasteiger charge is 2.01. The van der Waals surface area contributed by atoms with Crippen molar-refractivity contribution >= 4 is 17.3 Å². The van der Waals surface area contributed by atoms with Crippen molar-refractivity contribution in [2.45, 2.75) is 51.9 Å². The molecule has 132 valence electrons. The molecule has 4 nitrogen and oxygen atoms in total. The molecule has 0 radical (unpaired) electrons. The van der Waals surface area contributed by atoms with E-state index >= 15 is 0 Å². The maximum absolute atomic E-state index is 10.8. The van der Waals surface area contributed by atoms with Crippen LogP contribution in [0, 0.1) is 0 Å². The molecule has 0 heterocycles. The zero-order chi connectivity index (χ0) is 17.9. The highest BCUT2D eigenvalue weighted by molar-refractivity contribution is 5.87. The highest BCUT2D eigenvalue weighted by atomic mass is 16.4. The normalized spacial score (nSPS) is 11.1. The molecule has 0 saturated carbocycles. The Hall–Kier alpha value is -2.49. The molecule has 0 atom stereocenters. The second-order valence-electron chi connectivity index (χ2n) is 6.24. The Morgan fingerprint density at radius 2 is 1.32 bits per heavy atom. The van der Waals surface area contributed by atoms with Crippen LogP contribution in [0.2, 0.25) is 0 Å². The third-order valence-corrected chi connectivity index (χ3v) is 4.15. The van der Waals surface area contributed by atoms with E-state index < -0.39 is 5.97 Å². The lowest BCUT2D eigenvalue weighted by molar-refractivity contribution is 0.0697. The second-order valence-corrected chi connectivity index (χ2v) is 6.24. The van der Waals surface area contributed by atoms with Crippen molar-refractivity contribution in [1.29, 1.82) is 0 Å². The zero-order valence-electron chi connectivity index (χ0n) is 14.8. The third kappa shape index (κ3) is 6.87. The molecule has 0 aliphatic heterocycles. The van der Waals surface area contributed by atoms with Gasteiger partial charge in [-0.3, -0.25) is 0 Å². The van der Waals surface area contributed by atoms with Crippen molar-refractivity contribution in [2.75, 3.05) is 0 Å². The summed E-state index contributed by atoms with van der Waals surface area (Å²) in [6.07, 6.45) is 8.97. The lowest BCUT2D eigenvalue weighted by Crippen LogP contribution is -1.93. The minimum atomic E-state index is -0.940. The number of aromatic carboxylic acids is 1. The van der Waals surface area contributed by atoms with Crippen molar-refractivity contribution in [3.8, 4) is 0 Å². The van der Waals surface area contributed by atoms with Gasteiger partial charge >= 0.3 is 5.97 Å². The summed E-state index contributed by atoms with van der Waals surface area (Å²) in [5.74, 6) is -0.940. The van der Waals surface area contributed by atoms with E-state index in [0.717, 1.165) is 12.1 Å². The Morgan fingerprint density at radius 3 is 1.88 bits per heavy atom. The topological polar surface area (TPSA) is 62.0 Å². The van der Waals surface area contributed by atoms with Gasteiger partial charge in [-0.15, -0.1) is 0 Å². The number of aryl methyl sites for hydroxylation is 1. The molecule has 0 aliphatic carbocycles. The molecule has 2 aromatic carbocycles. The van der Waals surface area contributed by atoms with Gasteiger partial charge in [0.1, 0.15) is 0 Å². The molecule has 0 amide bonds. The van der Waals surface area contributed by atoms with Gasteiger partial charge in [-0.25, -0.2) is 4.79 Å². The van der Waals surface area contributed by atoms with Gasteiger partial charge in [0.05, 0.1) is 16.9 Å². The van der Waals surface area contributed by atoms with E-state index in [-0.39, 0.29) is 5.56 Å². The Morgan fingerprint density at radius 1 is 0.800 bits per heavy atom. The summed E-state index contributed by atoms with van der Waals surface area (Å²) < 4.78 is 0. The lowest BCUT2D eigenvalue weighted by Gasteiger charge is -2.02. The van der Waals surface area contributed by atoms with E-state index in [1.165, 1.54) is 56.2 Å². The van der Waals surface area contributed by atoms with Crippen LogP contribution in [-0.2, 0) is 6.42 Å². The van der Waals surface area contributed by atoms with Gasteiger partial charge in [0.2, 0.25) is 0 Å². The van der Waals surface area contributed by atoms with E-state index in [1.54, 1.807) is 12.1 Å². The van der Waals surface area contributed by atoms with Crippen molar-refractivity contribution in [1.82, 2.24) is 0 Å². The Labute approximate surface area is 149 Å². The molecule has 0 bridgehead atoms. The number of hydrogen-bond acceptors (Lipinski definition) is 3. The van der Waals surface area contributed by atoms with Gasteiger partial charge < -0.3 is 5.11 Å². The first-order valence-corrected chi connectivity index (χ1v) is 9.03. The molecule has 1 N–H and O–H groups in total. The molecule has 0 aromatic heterocycles. The van der Waals surface area contributed by atoms with Gasteiger partial charge in [-0.1, -0.05) is 51.2 Å². The van der Waals surface area contributed by atoms with Crippen molar-refractivity contribution < 1.29 is 9.90 Å². The molecule has 2 aromatic rings. The van der Waals surface area contributed by atoms with Gasteiger partial charge in [0.25, 0.3) is 0 Å². The lowest BCUT2D eigenvalue weighted by atomic mass is 10.0. The predicted molar refractivity (Wildman–Crippen MR) is 101 cm³/mol. The fraction of sp³-hybridized carbons (Fsp3) is 0.381. The summed E-state index contributed by atoms with van der Waals surface area (Å²) in [6.45, 7) is 2.24. The molecule has 25 heavy (non-hydrogen) atoms. The summed E-state index contributed by atoms with van der Waals surface area (Å²) in [5, 5.41) is 17.2. The first-order valence-electron chi connectivity index (χ1n) is 9.03. The fourth-order valence-electron chi connectivity index (χ4n) is 2.62. The molecule has 2 rings (SSSR count). The molecule has 0 saturated heterocycles. The molecule has 0 unspecified atom stereocenters. The maximum atomic E-state index is 10.8. The van der Waals surface area contributed by atoms with E-state index in [9.17, 15) is 4.79 Å². The predicted octanol–water partition coefficient (Wildman–Crippen LogP) is 6.70. The highest BCUT2D eigenvalue weighted by Crippen LogP contribution is 2.20. The molecule has 0 aliphatic rings. The van der Waals surface area contributed by atoms with Gasteiger partial charge in [0, 0.05) is 0 Å². The minimum Gasteiger partial charge on any atom is -0.478 e. The van der Waals surface area contributed by atoms with Crippen LogP contribution in [-0.4, -0.2) is 11.1 Å². The summed E-state index contributed by atoms with van der Waals surface area (Å²) in [5.41, 5.74) is 3.02. The van der Waals surface area contributed by atoms with E-state index in [1.807, 2.05) is 12.1 Å².